The molecule has 0 aromatic carbocycles. The third-order valence-corrected chi connectivity index (χ3v) is 7.62. The standard InChI is InChI=1S/C20H26ClN5O2S/c1-12-18(22)20(11-28-12)5-8-26(9-6-20)14-2-3-16(25-13(14)10-27)29-15-4-7-24-19(23)17(15)21/h2-4,7,12,18,27H,5-6,8-11,22H2,1H3,(H2,23,24)/t12-,18+/m0/s1. The lowest BCUT2D eigenvalue weighted by Gasteiger charge is -2.42. The first-order chi connectivity index (χ1) is 13.9. The van der Waals surface area contributed by atoms with Gasteiger partial charge in [-0.2, -0.15) is 0 Å². The number of aliphatic hydroxyl groups excluding tert-OH is 1. The quantitative estimate of drug-likeness (QED) is 0.672. The average molecular weight is 436 g/mol. The molecule has 156 valence electrons. The van der Waals surface area contributed by atoms with Gasteiger partial charge in [-0.3, -0.25) is 0 Å². The fraction of sp³-hybridized carbons (Fsp3) is 0.500. The first-order valence-electron chi connectivity index (χ1n) is 9.74. The molecule has 9 heteroatoms. The molecule has 0 aliphatic carbocycles. The fourth-order valence-electron chi connectivity index (χ4n) is 4.23. The van der Waals surface area contributed by atoms with Crippen molar-refractivity contribution < 1.29 is 9.84 Å². The van der Waals surface area contributed by atoms with Crippen molar-refractivity contribution in [3.63, 3.8) is 0 Å². The van der Waals surface area contributed by atoms with Gasteiger partial charge in [-0.15, -0.1) is 0 Å². The summed E-state index contributed by atoms with van der Waals surface area (Å²) in [6.45, 7) is 4.41. The molecule has 5 N–H and O–H groups in total. The maximum atomic E-state index is 9.93. The third-order valence-electron chi connectivity index (χ3n) is 6.12. The van der Waals surface area contributed by atoms with Gasteiger partial charge in [0.05, 0.1) is 35.7 Å². The third kappa shape index (κ3) is 3.92. The van der Waals surface area contributed by atoms with Crippen LogP contribution in [0.2, 0.25) is 5.02 Å². The number of hydrogen-bond acceptors (Lipinski definition) is 8. The van der Waals surface area contributed by atoms with Crippen molar-refractivity contribution in [1.82, 2.24) is 9.97 Å². The zero-order chi connectivity index (χ0) is 20.6. The Kier molecular flexibility index (Phi) is 5.90. The summed E-state index contributed by atoms with van der Waals surface area (Å²) in [5.74, 6) is 0.293. The topological polar surface area (TPSA) is 111 Å². The highest BCUT2D eigenvalue weighted by Crippen LogP contribution is 2.42. The van der Waals surface area contributed by atoms with Gasteiger partial charge in [-0.25, -0.2) is 9.97 Å². The minimum absolute atomic E-state index is 0.0660. The molecule has 2 saturated heterocycles. The number of hydrogen-bond donors (Lipinski definition) is 3. The molecule has 0 radical (unpaired) electrons. The number of nitrogens with two attached hydrogens (primary N) is 2. The number of ether oxygens (including phenoxy) is 1. The summed E-state index contributed by atoms with van der Waals surface area (Å²) in [5, 5.41) is 11.1. The van der Waals surface area contributed by atoms with E-state index in [2.05, 4.69) is 21.8 Å². The predicted molar refractivity (Wildman–Crippen MR) is 115 cm³/mol. The molecule has 0 bridgehead atoms. The maximum absolute atomic E-state index is 9.93. The maximum Gasteiger partial charge on any atom is 0.143 e. The fourth-order valence-corrected chi connectivity index (χ4v) is 5.30. The first-order valence-corrected chi connectivity index (χ1v) is 10.9. The van der Waals surface area contributed by atoms with E-state index in [1.165, 1.54) is 11.8 Å². The van der Waals surface area contributed by atoms with Gasteiger partial charge in [0.25, 0.3) is 0 Å². The molecule has 1 spiro atoms. The molecule has 2 atom stereocenters. The number of nitrogen functional groups attached to an aromatic ring is 1. The van der Waals surface area contributed by atoms with E-state index >= 15 is 0 Å². The molecule has 0 unspecified atom stereocenters. The van der Waals surface area contributed by atoms with Gasteiger partial charge in [-0.05, 0) is 38.0 Å². The van der Waals surface area contributed by atoms with E-state index in [-0.39, 0.29) is 24.2 Å². The molecule has 2 aromatic heterocycles. The van der Waals surface area contributed by atoms with Crippen LogP contribution < -0.4 is 16.4 Å². The van der Waals surface area contributed by atoms with Crippen LogP contribution in [-0.2, 0) is 11.3 Å². The lowest BCUT2D eigenvalue weighted by atomic mass is 9.73. The van der Waals surface area contributed by atoms with Crippen molar-refractivity contribution in [2.24, 2.45) is 11.1 Å². The van der Waals surface area contributed by atoms with Gasteiger partial charge in [0.2, 0.25) is 0 Å². The Balaban J connectivity index is 1.50. The molecule has 29 heavy (non-hydrogen) atoms. The smallest absolute Gasteiger partial charge is 0.143 e. The van der Waals surface area contributed by atoms with Gasteiger partial charge in [0.15, 0.2) is 0 Å². The molecule has 7 nitrogen and oxygen atoms in total. The van der Waals surface area contributed by atoms with Crippen LogP contribution in [0.3, 0.4) is 0 Å². The van der Waals surface area contributed by atoms with Gasteiger partial charge in [0.1, 0.15) is 10.8 Å². The van der Waals surface area contributed by atoms with Crippen LogP contribution in [0.5, 0.6) is 0 Å². The van der Waals surface area contributed by atoms with E-state index in [1.807, 2.05) is 12.1 Å². The van der Waals surface area contributed by atoms with Crippen LogP contribution in [-0.4, -0.2) is 46.9 Å². The first kappa shape index (κ1) is 20.7. The van der Waals surface area contributed by atoms with E-state index < -0.39 is 0 Å². The molecule has 4 heterocycles. The summed E-state index contributed by atoms with van der Waals surface area (Å²) in [6.07, 6.45) is 3.69. The number of pyridine rings is 2. The number of halogens is 1. The largest absolute Gasteiger partial charge is 0.390 e. The second-order valence-corrected chi connectivity index (χ2v) is 9.22. The van der Waals surface area contributed by atoms with Crippen molar-refractivity contribution in [3.8, 4) is 0 Å². The molecular weight excluding hydrogens is 410 g/mol. The number of nitrogens with zero attached hydrogens (tertiary/aromatic N) is 3. The molecule has 0 amide bonds. The van der Waals surface area contributed by atoms with Crippen molar-refractivity contribution in [3.05, 3.63) is 35.1 Å². The average Bonchev–Trinajstić information content (AvgIpc) is 3.01. The van der Waals surface area contributed by atoms with E-state index in [0.29, 0.717) is 16.5 Å². The van der Waals surface area contributed by atoms with Crippen LogP contribution >= 0.6 is 23.4 Å². The molecule has 0 saturated carbocycles. The van der Waals surface area contributed by atoms with E-state index in [0.717, 1.165) is 48.1 Å². The highest BCUT2D eigenvalue weighted by molar-refractivity contribution is 7.99. The number of anilines is 2. The number of aliphatic hydroxyl groups is 1. The summed E-state index contributed by atoms with van der Waals surface area (Å²) < 4.78 is 5.81. The predicted octanol–water partition coefficient (Wildman–Crippen LogP) is 2.69. The Hall–Kier alpha value is -1.58. The van der Waals surface area contributed by atoms with E-state index in [1.54, 1.807) is 12.3 Å². The Bertz CT molecular complexity index is 891. The second-order valence-electron chi connectivity index (χ2n) is 7.78. The molecule has 2 fully saturated rings. The van der Waals surface area contributed by atoms with Crippen LogP contribution in [0.15, 0.2) is 34.3 Å². The lowest BCUT2D eigenvalue weighted by molar-refractivity contribution is 0.0974. The number of aromatic nitrogens is 2. The highest BCUT2D eigenvalue weighted by atomic mass is 35.5. The summed E-state index contributed by atoms with van der Waals surface area (Å²) in [7, 11) is 0. The normalized spacial score (nSPS) is 23.7. The highest BCUT2D eigenvalue weighted by Gasteiger charge is 2.47. The number of rotatable bonds is 4. The zero-order valence-electron chi connectivity index (χ0n) is 16.3. The van der Waals surface area contributed by atoms with Gasteiger partial charge >= 0.3 is 0 Å². The summed E-state index contributed by atoms with van der Waals surface area (Å²) >= 11 is 7.64. The number of piperidine rings is 1. The van der Waals surface area contributed by atoms with E-state index in [9.17, 15) is 5.11 Å². The van der Waals surface area contributed by atoms with Gasteiger partial charge in [-0.1, -0.05) is 23.4 Å². The van der Waals surface area contributed by atoms with Crippen LogP contribution in [0.4, 0.5) is 11.5 Å². The zero-order valence-corrected chi connectivity index (χ0v) is 17.9. The van der Waals surface area contributed by atoms with Gasteiger partial charge < -0.3 is 26.2 Å². The molecule has 2 aliphatic heterocycles. The van der Waals surface area contributed by atoms with E-state index in [4.69, 9.17) is 27.8 Å². The molecule has 2 aromatic rings. The SMILES string of the molecule is C[C@@H]1OCC2(CCN(c3ccc(Sc4ccnc(N)c4Cl)nc3CO)CC2)[C@@H]1N. The lowest BCUT2D eigenvalue weighted by Crippen LogP contribution is -2.50. The van der Waals surface area contributed by atoms with Crippen LogP contribution in [0.1, 0.15) is 25.5 Å². The Morgan fingerprint density at radius 1 is 1.34 bits per heavy atom. The summed E-state index contributed by atoms with van der Waals surface area (Å²) in [5.41, 5.74) is 13.9. The molecule has 2 aliphatic rings. The summed E-state index contributed by atoms with van der Waals surface area (Å²) in [4.78, 5) is 11.7. The molecule has 4 rings (SSSR count). The van der Waals surface area contributed by atoms with Crippen molar-refractivity contribution in [1.29, 1.82) is 0 Å². The van der Waals surface area contributed by atoms with Crippen molar-refractivity contribution in [2.75, 3.05) is 30.3 Å². The van der Waals surface area contributed by atoms with Crippen LogP contribution in [0, 0.1) is 5.41 Å². The monoisotopic (exact) mass is 435 g/mol. The minimum Gasteiger partial charge on any atom is -0.390 e. The second kappa shape index (κ2) is 8.28. The Labute approximate surface area is 179 Å². The van der Waals surface area contributed by atoms with Crippen molar-refractivity contribution >= 4 is 34.9 Å². The summed E-state index contributed by atoms with van der Waals surface area (Å²) in [6, 6.07) is 5.85. The Morgan fingerprint density at radius 2 is 2.10 bits per heavy atom. The van der Waals surface area contributed by atoms with Crippen molar-refractivity contribution in [2.45, 2.75) is 48.4 Å². The van der Waals surface area contributed by atoms with Gasteiger partial charge in [0, 0.05) is 35.6 Å². The minimum atomic E-state index is -0.128. The Morgan fingerprint density at radius 3 is 2.76 bits per heavy atom. The molecular formula is C20H26ClN5O2S. The van der Waals surface area contributed by atoms with Crippen LogP contribution in [0.25, 0.3) is 0 Å².